The van der Waals surface area contributed by atoms with Crippen LogP contribution in [0.4, 0.5) is 5.69 Å². The summed E-state index contributed by atoms with van der Waals surface area (Å²) in [6.07, 6.45) is 2.56. The Balaban J connectivity index is 1.40. The number of sulfonamides is 1. The number of amides is 1. The molecule has 2 aliphatic heterocycles. The van der Waals surface area contributed by atoms with Crippen LogP contribution in [0.3, 0.4) is 0 Å². The molecule has 4 rings (SSSR count). The molecule has 1 N–H and O–H groups in total. The van der Waals surface area contributed by atoms with Crippen LogP contribution in [0.1, 0.15) is 33.6 Å². The average molecular weight is 410 g/mol. The van der Waals surface area contributed by atoms with Crippen LogP contribution in [0.25, 0.3) is 0 Å². The zero-order valence-electron chi connectivity index (χ0n) is 14.5. The Morgan fingerprint density at radius 3 is 2.70 bits per heavy atom. The number of hydrogen-bond donors (Lipinski definition) is 1. The first-order valence-corrected chi connectivity index (χ1v) is 11.1. The van der Waals surface area contributed by atoms with E-state index in [0.717, 1.165) is 5.01 Å². The Morgan fingerprint density at radius 2 is 1.96 bits per heavy atom. The Labute approximate surface area is 160 Å². The van der Waals surface area contributed by atoms with Crippen molar-refractivity contribution in [2.24, 2.45) is 0 Å². The molecule has 1 fully saturated rings. The first-order chi connectivity index (χ1) is 12.9. The van der Waals surface area contributed by atoms with Gasteiger partial charge in [0.2, 0.25) is 21.8 Å². The van der Waals surface area contributed by atoms with Crippen LogP contribution in [0.15, 0.2) is 18.2 Å². The highest BCUT2D eigenvalue weighted by Gasteiger charge is 2.28. The molecule has 9 nitrogen and oxygen atoms in total. The van der Waals surface area contributed by atoms with E-state index in [9.17, 15) is 13.2 Å². The van der Waals surface area contributed by atoms with Gasteiger partial charge in [-0.2, -0.15) is 0 Å². The standard InChI is InChI=1S/C16H18N4O5S2/c1-27(22,23)20-6-4-10(5-7-20)15-18-19-16(26-15)14(21)17-11-2-3-12-13(8-11)25-9-24-12/h2-3,8,10H,4-7,9H2,1H3,(H,17,21). The minimum absolute atomic E-state index is 0.118. The molecule has 0 radical (unpaired) electrons. The molecule has 2 aliphatic rings. The molecule has 1 aromatic heterocycles. The van der Waals surface area contributed by atoms with E-state index in [4.69, 9.17) is 9.47 Å². The third-order valence-corrected chi connectivity index (χ3v) is 6.93. The Morgan fingerprint density at radius 1 is 1.22 bits per heavy atom. The van der Waals surface area contributed by atoms with Gasteiger partial charge in [-0.05, 0) is 25.0 Å². The number of anilines is 1. The quantitative estimate of drug-likeness (QED) is 0.816. The smallest absolute Gasteiger partial charge is 0.286 e. The lowest BCUT2D eigenvalue weighted by molar-refractivity contribution is 0.102. The summed E-state index contributed by atoms with van der Waals surface area (Å²) in [6, 6.07) is 5.16. The van der Waals surface area contributed by atoms with Gasteiger partial charge < -0.3 is 14.8 Å². The van der Waals surface area contributed by atoms with E-state index in [0.29, 0.717) is 43.1 Å². The van der Waals surface area contributed by atoms with Crippen molar-refractivity contribution in [3.05, 3.63) is 28.2 Å². The summed E-state index contributed by atoms with van der Waals surface area (Å²) in [7, 11) is -3.16. The number of hydrogen-bond acceptors (Lipinski definition) is 8. The molecule has 0 saturated carbocycles. The molecule has 0 spiro atoms. The zero-order chi connectivity index (χ0) is 19.0. The maximum Gasteiger partial charge on any atom is 0.286 e. The summed E-state index contributed by atoms with van der Waals surface area (Å²) in [5.41, 5.74) is 0.586. The van der Waals surface area contributed by atoms with Crippen molar-refractivity contribution in [1.82, 2.24) is 14.5 Å². The maximum atomic E-state index is 12.4. The second kappa shape index (κ2) is 7.06. The van der Waals surface area contributed by atoms with Gasteiger partial charge in [0.15, 0.2) is 11.5 Å². The number of fused-ring (bicyclic) bond motifs is 1. The number of aromatic nitrogens is 2. The summed E-state index contributed by atoms with van der Waals surface area (Å²) in [6.45, 7) is 1.09. The Bertz CT molecular complexity index is 967. The lowest BCUT2D eigenvalue weighted by atomic mass is 9.99. The number of piperidine rings is 1. The number of nitrogens with one attached hydrogen (secondary N) is 1. The number of rotatable bonds is 4. The molecule has 1 saturated heterocycles. The van der Waals surface area contributed by atoms with Crippen LogP contribution in [0.2, 0.25) is 0 Å². The fourth-order valence-electron chi connectivity index (χ4n) is 3.08. The number of benzene rings is 1. The van der Waals surface area contributed by atoms with E-state index >= 15 is 0 Å². The number of nitrogens with zero attached hydrogens (tertiary/aromatic N) is 3. The molecule has 1 aromatic carbocycles. The normalized spacial score (nSPS) is 17.8. The molecule has 0 bridgehead atoms. The third kappa shape index (κ3) is 3.89. The minimum Gasteiger partial charge on any atom is -0.454 e. The third-order valence-electron chi connectivity index (χ3n) is 4.54. The SMILES string of the molecule is CS(=O)(=O)N1CCC(c2nnc(C(=O)Nc3ccc4c(c3)OCO4)s2)CC1. The first-order valence-electron chi connectivity index (χ1n) is 8.40. The Hall–Kier alpha value is -2.24. The fourth-order valence-corrected chi connectivity index (χ4v) is 4.87. The predicted octanol–water partition coefficient (Wildman–Crippen LogP) is 1.66. The van der Waals surface area contributed by atoms with Crippen LogP contribution >= 0.6 is 11.3 Å². The highest BCUT2D eigenvalue weighted by atomic mass is 32.2. The molecular formula is C16H18N4O5S2. The zero-order valence-corrected chi connectivity index (χ0v) is 16.2. The lowest BCUT2D eigenvalue weighted by Gasteiger charge is -2.28. The van der Waals surface area contributed by atoms with Gasteiger partial charge in [0.05, 0.1) is 6.26 Å². The van der Waals surface area contributed by atoms with Crippen molar-refractivity contribution in [1.29, 1.82) is 0 Å². The van der Waals surface area contributed by atoms with Crippen LogP contribution in [-0.2, 0) is 10.0 Å². The van der Waals surface area contributed by atoms with E-state index in [1.165, 1.54) is 21.9 Å². The van der Waals surface area contributed by atoms with Gasteiger partial charge in [0.25, 0.3) is 5.91 Å². The van der Waals surface area contributed by atoms with Gasteiger partial charge in [-0.3, -0.25) is 4.79 Å². The predicted molar refractivity (Wildman–Crippen MR) is 98.8 cm³/mol. The molecule has 27 heavy (non-hydrogen) atoms. The average Bonchev–Trinajstić information content (AvgIpc) is 3.30. The van der Waals surface area contributed by atoms with Crippen LogP contribution in [0.5, 0.6) is 11.5 Å². The van der Waals surface area contributed by atoms with Crippen molar-refractivity contribution in [3.8, 4) is 11.5 Å². The molecule has 144 valence electrons. The molecule has 11 heteroatoms. The highest BCUT2D eigenvalue weighted by Crippen LogP contribution is 2.35. The monoisotopic (exact) mass is 410 g/mol. The molecule has 1 amide bonds. The molecule has 0 aliphatic carbocycles. The van der Waals surface area contributed by atoms with Gasteiger partial charge in [0, 0.05) is 30.8 Å². The van der Waals surface area contributed by atoms with Crippen molar-refractivity contribution < 1.29 is 22.7 Å². The van der Waals surface area contributed by atoms with E-state index in [1.54, 1.807) is 18.2 Å². The van der Waals surface area contributed by atoms with Crippen molar-refractivity contribution in [2.45, 2.75) is 18.8 Å². The van der Waals surface area contributed by atoms with Crippen LogP contribution in [0, 0.1) is 0 Å². The van der Waals surface area contributed by atoms with Gasteiger partial charge >= 0.3 is 0 Å². The van der Waals surface area contributed by atoms with E-state index in [-0.39, 0.29) is 23.6 Å². The second-order valence-electron chi connectivity index (χ2n) is 6.40. The van der Waals surface area contributed by atoms with Crippen molar-refractivity contribution in [2.75, 3.05) is 31.5 Å². The Kier molecular flexibility index (Phi) is 4.74. The van der Waals surface area contributed by atoms with Crippen LogP contribution in [-0.4, -0.2) is 55.0 Å². The maximum absolute atomic E-state index is 12.4. The first kappa shape index (κ1) is 18.1. The summed E-state index contributed by atoms with van der Waals surface area (Å²) in [5, 5.41) is 12.0. The van der Waals surface area contributed by atoms with E-state index < -0.39 is 10.0 Å². The largest absolute Gasteiger partial charge is 0.454 e. The number of carbonyl (C=O) groups is 1. The van der Waals surface area contributed by atoms with Crippen molar-refractivity contribution in [3.63, 3.8) is 0 Å². The summed E-state index contributed by atoms with van der Waals surface area (Å²) in [5.74, 6) is 1.01. The van der Waals surface area contributed by atoms with Gasteiger partial charge in [-0.25, -0.2) is 12.7 Å². The summed E-state index contributed by atoms with van der Waals surface area (Å²) >= 11 is 1.24. The second-order valence-corrected chi connectivity index (χ2v) is 9.40. The van der Waals surface area contributed by atoms with Crippen LogP contribution < -0.4 is 14.8 Å². The van der Waals surface area contributed by atoms with Crippen molar-refractivity contribution >= 4 is 33.0 Å². The van der Waals surface area contributed by atoms with E-state index in [2.05, 4.69) is 15.5 Å². The highest BCUT2D eigenvalue weighted by molar-refractivity contribution is 7.88. The lowest BCUT2D eigenvalue weighted by Crippen LogP contribution is -2.37. The topological polar surface area (TPSA) is 111 Å². The van der Waals surface area contributed by atoms with Gasteiger partial charge in [-0.15, -0.1) is 10.2 Å². The molecule has 0 atom stereocenters. The molecule has 2 aromatic rings. The summed E-state index contributed by atoms with van der Waals surface area (Å²) in [4.78, 5) is 12.4. The van der Waals surface area contributed by atoms with Gasteiger partial charge in [0.1, 0.15) is 5.01 Å². The molecule has 3 heterocycles. The summed E-state index contributed by atoms with van der Waals surface area (Å²) < 4.78 is 35.2. The van der Waals surface area contributed by atoms with Gasteiger partial charge in [-0.1, -0.05) is 11.3 Å². The molecular weight excluding hydrogens is 392 g/mol. The minimum atomic E-state index is -3.16. The number of carbonyl (C=O) groups excluding carboxylic acids is 1. The molecule has 0 unspecified atom stereocenters. The van der Waals surface area contributed by atoms with E-state index in [1.807, 2.05) is 0 Å². The number of ether oxygens (including phenoxy) is 2. The fraction of sp³-hybridized carbons (Fsp3) is 0.438.